The Morgan fingerprint density at radius 2 is 1.26 bits per heavy atom. The van der Waals surface area contributed by atoms with Crippen LogP contribution in [0.4, 0.5) is 5.69 Å². The Labute approximate surface area is 400 Å². The van der Waals surface area contributed by atoms with Gasteiger partial charge in [-0.2, -0.15) is 0 Å². The van der Waals surface area contributed by atoms with Crippen LogP contribution < -0.4 is 9.64 Å². The molecule has 6 heteroatoms. The fraction of sp³-hybridized carbons (Fsp3) is 0.242. The second-order valence-electron chi connectivity index (χ2n) is 20.8. The number of pyridine rings is 2. The number of nitrogens with zero attached hydrogens (tertiary/aromatic N) is 5. The van der Waals surface area contributed by atoms with E-state index in [4.69, 9.17) is 19.7 Å². The average Bonchev–Trinajstić information content (AvgIpc) is 3.80. The number of hydrogen-bond donors (Lipinski definition) is 0. The van der Waals surface area contributed by atoms with Crippen molar-refractivity contribution in [1.29, 1.82) is 0 Å². The third-order valence-corrected chi connectivity index (χ3v) is 15.4. The first-order chi connectivity index (χ1) is 32.5. The summed E-state index contributed by atoms with van der Waals surface area (Å²) >= 11 is 0. The topological polar surface area (TPSA) is 55.5 Å². The highest BCUT2D eigenvalue weighted by molar-refractivity contribution is 6.15. The van der Waals surface area contributed by atoms with Crippen LogP contribution in [0.25, 0.3) is 50.0 Å². The van der Waals surface area contributed by atoms with Crippen LogP contribution in [0.1, 0.15) is 105 Å². The van der Waals surface area contributed by atoms with Gasteiger partial charge in [-0.05, 0) is 178 Å². The van der Waals surface area contributed by atoms with Crippen LogP contribution in [-0.2, 0) is 11.0 Å². The predicted octanol–water partition coefficient (Wildman–Crippen LogP) is 15.4. The summed E-state index contributed by atoms with van der Waals surface area (Å²) in [5.41, 5.74) is 25.2. The van der Waals surface area contributed by atoms with E-state index in [1.807, 2.05) is 18.5 Å². The molecule has 0 unspecified atom stereocenters. The number of fused-ring (bicyclic) bond motifs is 11. The third kappa shape index (κ3) is 5.92. The highest BCUT2D eigenvalue weighted by Gasteiger charge is 2.54. The monoisotopic (exact) mass is 887 g/mol. The first-order valence-electron chi connectivity index (χ1n) is 24.0. The lowest BCUT2D eigenvalue weighted by molar-refractivity contribution is 0.423. The molecule has 0 radical (unpaired) electrons. The van der Waals surface area contributed by atoms with Crippen molar-refractivity contribution in [2.24, 2.45) is 4.99 Å². The summed E-state index contributed by atoms with van der Waals surface area (Å²) in [7, 11) is 0. The minimum atomic E-state index is -0.629. The highest BCUT2D eigenvalue weighted by atomic mass is 16.5. The van der Waals surface area contributed by atoms with Crippen molar-refractivity contribution in [3.8, 4) is 39.6 Å². The zero-order valence-electron chi connectivity index (χ0n) is 41.3. The van der Waals surface area contributed by atoms with Crippen LogP contribution in [0.5, 0.6) is 11.5 Å². The molecule has 2 aliphatic heterocycles. The molecular formula is C62H57N5O. The number of ether oxygens (including phenoxy) is 1. The van der Waals surface area contributed by atoms with Gasteiger partial charge in [0.15, 0.2) is 0 Å². The summed E-state index contributed by atoms with van der Waals surface area (Å²) in [5, 5.41) is 2.42. The van der Waals surface area contributed by atoms with Gasteiger partial charge in [-0.3, -0.25) is 14.5 Å². The molecule has 12 rings (SSSR count). The largest absolute Gasteiger partial charge is 0.457 e. The maximum absolute atomic E-state index is 7.29. The number of aromatic nitrogens is 3. The maximum atomic E-state index is 7.29. The Morgan fingerprint density at radius 3 is 2.01 bits per heavy atom. The number of amidine groups is 1. The standard InChI is InChI=1S/C62H57N5O/c1-33-24-40(8)56(41(9)25-33)67-58-46-26-34(2)22-38(6)53(46)55-39(7)23-35(3)27-49(55)62(58,12)65-59(67)43-29-42(50-18-13-14-20-63-50)30-44(31-43)68-52-32-51-48(28-37(52)5)61(10,11)47-17-15-16-45-54-36(4)19-21-64-60(54)66(51)57(45)47/h13-32,58H,1-12H3/t58-,62+/m0/s1. The molecule has 3 aliphatic rings. The lowest BCUT2D eigenvalue weighted by Gasteiger charge is -2.44. The Morgan fingerprint density at radius 1 is 0.559 bits per heavy atom. The van der Waals surface area contributed by atoms with E-state index in [0.717, 1.165) is 51.1 Å². The number of para-hydroxylation sites is 1. The van der Waals surface area contributed by atoms with Crippen molar-refractivity contribution >= 4 is 33.5 Å². The molecule has 0 N–H and O–H groups in total. The molecule has 9 aromatic rings. The van der Waals surface area contributed by atoms with E-state index in [0.29, 0.717) is 0 Å². The van der Waals surface area contributed by atoms with Gasteiger partial charge in [-0.25, -0.2) is 4.98 Å². The molecule has 6 nitrogen and oxygen atoms in total. The molecule has 2 atom stereocenters. The smallest absolute Gasteiger partial charge is 0.145 e. The van der Waals surface area contributed by atoms with Crippen LogP contribution in [0.3, 0.4) is 0 Å². The molecule has 0 saturated heterocycles. The fourth-order valence-electron chi connectivity index (χ4n) is 12.7. The van der Waals surface area contributed by atoms with E-state index in [-0.39, 0.29) is 11.5 Å². The normalized spacial score (nSPS) is 17.5. The highest BCUT2D eigenvalue weighted by Crippen LogP contribution is 2.60. The molecule has 68 heavy (non-hydrogen) atoms. The number of aliphatic imine (C=N–C) groups is 1. The van der Waals surface area contributed by atoms with Crippen molar-refractivity contribution in [3.63, 3.8) is 0 Å². The molecule has 6 aromatic carbocycles. The van der Waals surface area contributed by atoms with Gasteiger partial charge in [0, 0.05) is 51.5 Å². The molecule has 0 saturated carbocycles. The molecule has 0 spiro atoms. The van der Waals surface area contributed by atoms with Crippen molar-refractivity contribution in [3.05, 3.63) is 199 Å². The summed E-state index contributed by atoms with van der Waals surface area (Å²) in [5.74, 6) is 2.43. The zero-order chi connectivity index (χ0) is 47.3. The molecule has 336 valence electrons. The van der Waals surface area contributed by atoms with Crippen molar-refractivity contribution in [1.82, 2.24) is 14.5 Å². The van der Waals surface area contributed by atoms with Crippen LogP contribution in [0.2, 0.25) is 0 Å². The van der Waals surface area contributed by atoms with E-state index in [2.05, 4.69) is 196 Å². The molecule has 3 aromatic heterocycles. The van der Waals surface area contributed by atoms with Crippen LogP contribution in [0.15, 0.2) is 127 Å². The first-order valence-corrected chi connectivity index (χ1v) is 24.0. The Balaban J connectivity index is 1.10. The van der Waals surface area contributed by atoms with Crippen molar-refractivity contribution in [2.75, 3.05) is 4.90 Å². The van der Waals surface area contributed by atoms with E-state index in [1.165, 1.54) is 99.9 Å². The van der Waals surface area contributed by atoms with E-state index < -0.39 is 5.54 Å². The van der Waals surface area contributed by atoms with Gasteiger partial charge < -0.3 is 9.64 Å². The SMILES string of the molecule is Cc1cc(C)c(N2C(c3cc(Oc4cc5c(cc4C)C(C)(C)c4cccc6c7c(C)ccnc7n-5c46)cc(-c4ccccn4)c3)=N[C@]3(C)c4cc(C)cc(C)c4-c4c(C)cc(C)cc4[C@H]23)c(C)c1. The van der Waals surface area contributed by atoms with E-state index in [1.54, 1.807) is 0 Å². The average molecular weight is 888 g/mol. The fourth-order valence-corrected chi connectivity index (χ4v) is 12.7. The number of anilines is 1. The summed E-state index contributed by atoms with van der Waals surface area (Å²) in [4.78, 5) is 18.6. The number of benzene rings is 6. The Bertz CT molecular complexity index is 3680. The minimum absolute atomic E-state index is 0.123. The van der Waals surface area contributed by atoms with Crippen molar-refractivity contribution < 1.29 is 4.74 Å². The second kappa shape index (κ2) is 14.6. The van der Waals surface area contributed by atoms with Crippen LogP contribution >= 0.6 is 0 Å². The van der Waals surface area contributed by atoms with Crippen LogP contribution in [0, 0.1) is 62.3 Å². The second-order valence-corrected chi connectivity index (χ2v) is 20.8. The van der Waals surface area contributed by atoms with Gasteiger partial charge in [0.1, 0.15) is 28.5 Å². The molecule has 0 fully saturated rings. The molecular weight excluding hydrogens is 831 g/mol. The zero-order valence-corrected chi connectivity index (χ0v) is 41.3. The van der Waals surface area contributed by atoms with Gasteiger partial charge in [0.25, 0.3) is 0 Å². The van der Waals surface area contributed by atoms with Gasteiger partial charge in [0.05, 0.1) is 22.9 Å². The van der Waals surface area contributed by atoms with Crippen LogP contribution in [-0.4, -0.2) is 20.4 Å². The third-order valence-electron chi connectivity index (χ3n) is 15.4. The minimum Gasteiger partial charge on any atom is -0.457 e. The lowest BCUT2D eigenvalue weighted by atomic mass is 9.68. The van der Waals surface area contributed by atoms with E-state index >= 15 is 0 Å². The summed E-state index contributed by atoms with van der Waals surface area (Å²) in [6.07, 6.45) is 3.80. The van der Waals surface area contributed by atoms with Gasteiger partial charge >= 0.3 is 0 Å². The molecule has 0 amide bonds. The maximum Gasteiger partial charge on any atom is 0.145 e. The number of aryl methyl sites for hydroxylation is 9. The quantitative estimate of drug-likeness (QED) is 0.173. The van der Waals surface area contributed by atoms with E-state index in [9.17, 15) is 0 Å². The first kappa shape index (κ1) is 42.1. The molecule has 1 aliphatic carbocycles. The molecule has 5 heterocycles. The number of hydrogen-bond acceptors (Lipinski definition) is 5. The lowest BCUT2D eigenvalue weighted by Crippen LogP contribution is -2.41. The summed E-state index contributed by atoms with van der Waals surface area (Å²) < 4.78 is 9.66. The Hall–Kier alpha value is -7.31. The number of rotatable bonds is 5. The van der Waals surface area contributed by atoms with Gasteiger partial charge in [0.2, 0.25) is 0 Å². The predicted molar refractivity (Wildman–Crippen MR) is 281 cm³/mol. The Kier molecular flexibility index (Phi) is 9.03. The van der Waals surface area contributed by atoms with Crippen molar-refractivity contribution in [2.45, 2.75) is 100 Å². The summed E-state index contributed by atoms with van der Waals surface area (Å²) in [6, 6.07) is 40.1. The van der Waals surface area contributed by atoms with Gasteiger partial charge in [-0.1, -0.05) is 91.2 Å². The van der Waals surface area contributed by atoms with Gasteiger partial charge in [-0.15, -0.1) is 0 Å². The molecule has 0 bridgehead atoms. The summed E-state index contributed by atoms with van der Waals surface area (Å²) in [6.45, 7) is 27.1.